The number of likely N-dealkylation sites (tertiary alicyclic amines) is 1. The number of benzene rings is 1. The van der Waals surface area contributed by atoms with Gasteiger partial charge in [0, 0.05) is 25.3 Å². The smallest absolute Gasteiger partial charge is 0.433 e. The first kappa shape index (κ1) is 20.2. The number of nitrogens with zero attached hydrogens (tertiary/aromatic N) is 3. The topological polar surface area (TPSA) is 59.5 Å². The van der Waals surface area contributed by atoms with Gasteiger partial charge in [-0.05, 0) is 43.1 Å². The van der Waals surface area contributed by atoms with Gasteiger partial charge in [-0.15, -0.1) is 0 Å². The predicted octanol–water partition coefficient (Wildman–Crippen LogP) is 3.59. The van der Waals surface area contributed by atoms with Crippen LogP contribution < -0.4 is 14.8 Å². The fourth-order valence-electron chi connectivity index (χ4n) is 3.32. The summed E-state index contributed by atoms with van der Waals surface area (Å²) in [5, 5.41) is 3.04. The zero-order chi connectivity index (χ0) is 20.1. The molecule has 0 spiro atoms. The maximum absolute atomic E-state index is 12.8. The molecule has 6 nitrogen and oxygen atoms in total. The minimum atomic E-state index is -4.48. The van der Waals surface area contributed by atoms with Crippen LogP contribution in [0.25, 0.3) is 0 Å². The van der Waals surface area contributed by atoms with Crippen LogP contribution >= 0.6 is 0 Å². The van der Waals surface area contributed by atoms with Crippen molar-refractivity contribution in [3.05, 3.63) is 41.7 Å². The summed E-state index contributed by atoms with van der Waals surface area (Å²) in [5.74, 6) is 1.35. The summed E-state index contributed by atoms with van der Waals surface area (Å²) < 4.78 is 49.1. The lowest BCUT2D eigenvalue weighted by Gasteiger charge is -2.33. The van der Waals surface area contributed by atoms with Gasteiger partial charge in [0.2, 0.25) is 5.95 Å². The second kappa shape index (κ2) is 8.64. The van der Waals surface area contributed by atoms with Gasteiger partial charge in [0.15, 0.2) is 11.5 Å². The molecule has 0 saturated carbocycles. The van der Waals surface area contributed by atoms with Crippen molar-refractivity contribution in [1.29, 1.82) is 0 Å². The molecule has 28 heavy (non-hydrogen) atoms. The highest BCUT2D eigenvalue weighted by Crippen LogP contribution is 2.29. The Morgan fingerprint density at radius 3 is 2.68 bits per heavy atom. The molecule has 0 aliphatic carbocycles. The van der Waals surface area contributed by atoms with Crippen LogP contribution in [0, 0.1) is 0 Å². The van der Waals surface area contributed by atoms with Crippen LogP contribution in [0.1, 0.15) is 24.1 Å². The summed E-state index contributed by atoms with van der Waals surface area (Å²) in [6.07, 6.45) is -1.57. The molecule has 0 radical (unpaired) electrons. The van der Waals surface area contributed by atoms with Crippen LogP contribution in [0.3, 0.4) is 0 Å². The summed E-state index contributed by atoms with van der Waals surface area (Å²) in [6, 6.07) is 6.64. The average Bonchev–Trinajstić information content (AvgIpc) is 2.68. The van der Waals surface area contributed by atoms with E-state index in [0.29, 0.717) is 24.6 Å². The van der Waals surface area contributed by atoms with E-state index >= 15 is 0 Å². The van der Waals surface area contributed by atoms with Crippen LogP contribution in [0.2, 0.25) is 0 Å². The fraction of sp³-hybridized carbons (Fsp3) is 0.474. The Bertz CT molecular complexity index is 801. The van der Waals surface area contributed by atoms with Gasteiger partial charge in [-0.3, -0.25) is 4.90 Å². The highest BCUT2D eigenvalue weighted by Gasteiger charge is 2.33. The van der Waals surface area contributed by atoms with Gasteiger partial charge < -0.3 is 14.8 Å². The molecule has 1 aromatic heterocycles. The predicted molar refractivity (Wildman–Crippen MR) is 98.5 cm³/mol. The maximum Gasteiger partial charge on any atom is 0.433 e. The van der Waals surface area contributed by atoms with E-state index in [1.807, 2.05) is 18.2 Å². The highest BCUT2D eigenvalue weighted by molar-refractivity contribution is 5.42. The Hall–Kier alpha value is -2.55. The second-order valence-electron chi connectivity index (χ2n) is 6.67. The van der Waals surface area contributed by atoms with Crippen LogP contribution in [0.15, 0.2) is 30.5 Å². The number of piperidine rings is 1. The molecule has 2 heterocycles. The molecular weight excluding hydrogens is 373 g/mol. The number of hydrogen-bond donors (Lipinski definition) is 1. The number of rotatable bonds is 6. The minimum Gasteiger partial charge on any atom is -0.493 e. The van der Waals surface area contributed by atoms with Crippen molar-refractivity contribution in [1.82, 2.24) is 14.9 Å². The van der Waals surface area contributed by atoms with Gasteiger partial charge in [-0.25, -0.2) is 9.97 Å². The number of alkyl halides is 3. The first-order valence-corrected chi connectivity index (χ1v) is 8.99. The number of ether oxygens (including phenoxy) is 2. The molecule has 152 valence electrons. The lowest BCUT2D eigenvalue weighted by Crippen LogP contribution is -2.42. The third-order valence-electron chi connectivity index (χ3n) is 4.64. The Labute approximate surface area is 161 Å². The molecule has 1 N–H and O–H groups in total. The summed E-state index contributed by atoms with van der Waals surface area (Å²) in [7, 11) is 3.19. The van der Waals surface area contributed by atoms with Crippen molar-refractivity contribution in [2.24, 2.45) is 0 Å². The normalized spacial score (nSPS) is 18.0. The molecule has 1 aliphatic rings. The van der Waals surface area contributed by atoms with E-state index in [-0.39, 0.29) is 12.0 Å². The zero-order valence-corrected chi connectivity index (χ0v) is 15.8. The Balaban J connectivity index is 1.63. The maximum atomic E-state index is 12.8. The highest BCUT2D eigenvalue weighted by atomic mass is 19.4. The van der Waals surface area contributed by atoms with E-state index in [1.54, 1.807) is 14.2 Å². The van der Waals surface area contributed by atoms with Crippen LogP contribution in [-0.2, 0) is 12.7 Å². The molecule has 1 aliphatic heterocycles. The van der Waals surface area contributed by atoms with Gasteiger partial charge in [0.25, 0.3) is 0 Å². The van der Waals surface area contributed by atoms with Crippen LogP contribution in [0.4, 0.5) is 19.1 Å². The van der Waals surface area contributed by atoms with Crippen molar-refractivity contribution < 1.29 is 22.6 Å². The molecule has 9 heteroatoms. The first-order valence-electron chi connectivity index (χ1n) is 8.99. The Morgan fingerprint density at radius 1 is 1.18 bits per heavy atom. The van der Waals surface area contributed by atoms with Gasteiger partial charge in [0.05, 0.1) is 14.2 Å². The number of halogens is 3. The number of anilines is 1. The van der Waals surface area contributed by atoms with Crippen molar-refractivity contribution in [2.45, 2.75) is 31.6 Å². The Kier molecular flexibility index (Phi) is 6.23. The summed E-state index contributed by atoms with van der Waals surface area (Å²) in [5.41, 5.74) is 0.136. The Morgan fingerprint density at radius 2 is 1.96 bits per heavy atom. The van der Waals surface area contributed by atoms with Crippen molar-refractivity contribution in [3.63, 3.8) is 0 Å². The summed E-state index contributed by atoms with van der Waals surface area (Å²) in [4.78, 5) is 9.77. The van der Waals surface area contributed by atoms with Crippen LogP contribution in [-0.4, -0.2) is 48.2 Å². The van der Waals surface area contributed by atoms with Crippen molar-refractivity contribution in [3.8, 4) is 11.5 Å². The first-order chi connectivity index (χ1) is 13.4. The number of nitrogens with one attached hydrogen (secondary N) is 1. The monoisotopic (exact) mass is 396 g/mol. The lowest BCUT2D eigenvalue weighted by atomic mass is 10.0. The van der Waals surface area contributed by atoms with E-state index in [4.69, 9.17) is 9.47 Å². The largest absolute Gasteiger partial charge is 0.493 e. The van der Waals surface area contributed by atoms with Gasteiger partial charge >= 0.3 is 6.18 Å². The molecule has 0 bridgehead atoms. The minimum absolute atomic E-state index is 0.00721. The summed E-state index contributed by atoms with van der Waals surface area (Å²) >= 11 is 0. The van der Waals surface area contributed by atoms with E-state index in [1.165, 1.54) is 0 Å². The van der Waals surface area contributed by atoms with Crippen molar-refractivity contribution >= 4 is 5.95 Å². The molecule has 1 fully saturated rings. The lowest BCUT2D eigenvalue weighted by molar-refractivity contribution is -0.141. The third kappa shape index (κ3) is 5.03. The number of aromatic nitrogens is 2. The second-order valence-corrected chi connectivity index (χ2v) is 6.67. The molecule has 2 aromatic rings. The summed E-state index contributed by atoms with van der Waals surface area (Å²) in [6.45, 7) is 2.31. The molecular formula is C19H23F3N4O2. The zero-order valence-electron chi connectivity index (χ0n) is 15.8. The van der Waals surface area contributed by atoms with E-state index in [0.717, 1.165) is 37.2 Å². The number of hydrogen-bond acceptors (Lipinski definition) is 6. The fourth-order valence-corrected chi connectivity index (χ4v) is 3.32. The average molecular weight is 396 g/mol. The van der Waals surface area contributed by atoms with E-state index in [2.05, 4.69) is 20.2 Å². The van der Waals surface area contributed by atoms with Gasteiger partial charge in [-0.1, -0.05) is 6.07 Å². The number of methoxy groups -OCH3 is 2. The molecule has 1 aromatic carbocycles. The SMILES string of the molecule is COc1ccc(CN2CCCC(Nc3nccc(C(F)(F)F)n3)C2)cc1OC. The van der Waals surface area contributed by atoms with E-state index < -0.39 is 11.9 Å². The molecule has 1 saturated heterocycles. The van der Waals surface area contributed by atoms with Crippen LogP contribution in [0.5, 0.6) is 11.5 Å². The molecule has 3 rings (SSSR count). The standard InChI is InChI=1S/C19H23F3N4O2/c1-27-15-6-5-13(10-16(15)28-2)11-26-9-3-4-14(12-26)24-18-23-8-7-17(25-18)19(20,21)22/h5-8,10,14H,3-4,9,11-12H2,1-2H3,(H,23,24,25). The third-order valence-corrected chi connectivity index (χ3v) is 4.64. The molecule has 1 unspecified atom stereocenters. The quantitative estimate of drug-likeness (QED) is 0.805. The van der Waals surface area contributed by atoms with Gasteiger partial charge in [0.1, 0.15) is 5.69 Å². The van der Waals surface area contributed by atoms with Gasteiger partial charge in [-0.2, -0.15) is 13.2 Å². The van der Waals surface area contributed by atoms with E-state index in [9.17, 15) is 13.2 Å². The van der Waals surface area contributed by atoms with Crippen molar-refractivity contribution in [2.75, 3.05) is 32.6 Å². The molecule has 0 amide bonds. The molecule has 1 atom stereocenters.